The molecule has 0 aliphatic heterocycles. The summed E-state index contributed by atoms with van der Waals surface area (Å²) < 4.78 is 55.8. The van der Waals surface area contributed by atoms with Gasteiger partial charge in [-0.05, 0) is 73.2 Å². The first kappa shape index (κ1) is 23.4. The zero-order valence-electron chi connectivity index (χ0n) is 19.9. The molecule has 0 saturated heterocycles. The third-order valence-corrected chi connectivity index (χ3v) is 7.28. The molecule has 0 bridgehead atoms. The van der Waals surface area contributed by atoms with Gasteiger partial charge in [0.05, 0.1) is 16.4 Å². The molecule has 190 valence electrons. The van der Waals surface area contributed by atoms with Crippen LogP contribution in [0.3, 0.4) is 0 Å². The number of halogens is 4. The van der Waals surface area contributed by atoms with Gasteiger partial charge in [0.1, 0.15) is 5.82 Å². The number of benzene rings is 2. The predicted octanol–water partition coefficient (Wildman–Crippen LogP) is 5.92. The maximum Gasteiger partial charge on any atom is 0.416 e. The van der Waals surface area contributed by atoms with E-state index in [1.165, 1.54) is 0 Å². The third-order valence-electron chi connectivity index (χ3n) is 7.28. The number of nitrogens with two attached hydrogens (primary N) is 1. The molecule has 3 N–H and O–H groups in total. The second-order valence-corrected chi connectivity index (χ2v) is 9.88. The maximum absolute atomic E-state index is 14.5. The summed E-state index contributed by atoms with van der Waals surface area (Å²) in [6.45, 7) is 0. The van der Waals surface area contributed by atoms with Gasteiger partial charge < -0.3 is 11.1 Å². The molecule has 37 heavy (non-hydrogen) atoms. The molecule has 6 nitrogen and oxygen atoms in total. The van der Waals surface area contributed by atoms with Crippen LogP contribution >= 0.6 is 0 Å². The highest BCUT2D eigenvalue weighted by Crippen LogP contribution is 2.51. The van der Waals surface area contributed by atoms with E-state index in [9.17, 15) is 22.4 Å². The van der Waals surface area contributed by atoms with E-state index in [4.69, 9.17) is 10.7 Å². The van der Waals surface area contributed by atoms with Crippen molar-refractivity contribution in [3.63, 3.8) is 0 Å². The number of amides is 1. The lowest BCUT2D eigenvalue weighted by Crippen LogP contribution is -2.29. The van der Waals surface area contributed by atoms with Crippen LogP contribution in [0, 0.1) is 5.82 Å². The van der Waals surface area contributed by atoms with E-state index >= 15 is 0 Å². The van der Waals surface area contributed by atoms with Gasteiger partial charge in [-0.15, -0.1) is 0 Å². The highest BCUT2D eigenvalue weighted by Gasteiger charge is 2.53. The smallest absolute Gasteiger partial charge is 0.382 e. The van der Waals surface area contributed by atoms with Crippen molar-refractivity contribution in [1.82, 2.24) is 14.8 Å². The average molecular weight is 510 g/mol. The van der Waals surface area contributed by atoms with E-state index in [-0.39, 0.29) is 18.4 Å². The van der Waals surface area contributed by atoms with Crippen molar-refractivity contribution in [1.29, 1.82) is 0 Å². The molecule has 2 saturated carbocycles. The Labute approximate surface area is 209 Å². The summed E-state index contributed by atoms with van der Waals surface area (Å²) in [6, 6.07) is 11.3. The number of hydrogen-bond acceptors (Lipinski definition) is 4. The van der Waals surface area contributed by atoms with Gasteiger partial charge in [0, 0.05) is 29.9 Å². The van der Waals surface area contributed by atoms with Gasteiger partial charge in [0.2, 0.25) is 5.91 Å². The van der Waals surface area contributed by atoms with Crippen molar-refractivity contribution in [2.75, 3.05) is 11.1 Å². The van der Waals surface area contributed by atoms with Gasteiger partial charge in [0.25, 0.3) is 0 Å². The largest absolute Gasteiger partial charge is 0.416 e. The number of aromatic nitrogens is 3. The van der Waals surface area contributed by atoms with Gasteiger partial charge >= 0.3 is 6.18 Å². The number of carbonyl (C=O) groups is 1. The fourth-order valence-corrected chi connectivity index (χ4v) is 4.91. The molecule has 0 radical (unpaired) electrons. The Bertz CT molecular complexity index is 1550. The second-order valence-electron chi connectivity index (χ2n) is 9.88. The Morgan fingerprint density at radius 2 is 1.81 bits per heavy atom. The van der Waals surface area contributed by atoms with Crippen molar-refractivity contribution < 1.29 is 22.4 Å². The van der Waals surface area contributed by atoms with Gasteiger partial charge in [0.15, 0.2) is 11.5 Å². The van der Waals surface area contributed by atoms with Crippen LogP contribution in [-0.2, 0) is 23.4 Å². The number of nitrogen functional groups attached to an aromatic ring is 1. The fourth-order valence-electron chi connectivity index (χ4n) is 4.91. The number of pyridine rings is 1. The van der Waals surface area contributed by atoms with Crippen molar-refractivity contribution in [2.24, 2.45) is 7.05 Å². The van der Waals surface area contributed by atoms with E-state index < -0.39 is 28.9 Å². The summed E-state index contributed by atoms with van der Waals surface area (Å²) in [5, 5.41) is 7.83. The minimum absolute atomic E-state index is 0.227. The Balaban J connectivity index is 1.29. The minimum Gasteiger partial charge on any atom is -0.382 e. The summed E-state index contributed by atoms with van der Waals surface area (Å²) in [4.78, 5) is 17.9. The van der Waals surface area contributed by atoms with Gasteiger partial charge in [-0.25, -0.2) is 14.1 Å². The van der Waals surface area contributed by atoms with E-state index in [2.05, 4.69) is 10.4 Å². The number of fused-ring (bicyclic) bond motifs is 1. The first-order valence-corrected chi connectivity index (χ1v) is 12.0. The third kappa shape index (κ3) is 4.00. The van der Waals surface area contributed by atoms with E-state index in [0.29, 0.717) is 29.1 Å². The predicted molar refractivity (Wildman–Crippen MR) is 131 cm³/mol. The number of nitrogens with zero attached hydrogens (tertiary/aromatic N) is 3. The highest BCUT2D eigenvalue weighted by molar-refractivity contribution is 6.03. The number of hydrogen-bond donors (Lipinski definition) is 2. The first-order chi connectivity index (χ1) is 17.6. The molecular weight excluding hydrogens is 486 g/mol. The molecule has 2 aromatic carbocycles. The molecule has 2 fully saturated rings. The number of alkyl halides is 3. The Morgan fingerprint density at radius 1 is 1.11 bits per heavy atom. The van der Waals surface area contributed by atoms with E-state index in [1.807, 2.05) is 18.2 Å². The van der Waals surface area contributed by atoms with Crippen LogP contribution in [0.15, 0.2) is 48.5 Å². The van der Waals surface area contributed by atoms with E-state index in [0.717, 1.165) is 47.2 Å². The molecule has 2 aliphatic carbocycles. The molecule has 0 unspecified atom stereocenters. The van der Waals surface area contributed by atoms with Gasteiger partial charge in [-0.1, -0.05) is 12.1 Å². The lowest BCUT2D eigenvalue weighted by molar-refractivity contribution is -0.137. The number of aryl methyl sites for hydroxylation is 1. The summed E-state index contributed by atoms with van der Waals surface area (Å²) in [5.74, 6) is -0.558. The molecule has 0 spiro atoms. The van der Waals surface area contributed by atoms with Crippen LogP contribution in [0.5, 0.6) is 0 Å². The fraction of sp³-hybridized carbons (Fsp3) is 0.296. The highest BCUT2D eigenvalue weighted by atomic mass is 19.4. The van der Waals surface area contributed by atoms with Crippen molar-refractivity contribution in [3.8, 4) is 11.1 Å². The van der Waals surface area contributed by atoms with Crippen molar-refractivity contribution in [3.05, 3.63) is 71.2 Å². The van der Waals surface area contributed by atoms with Crippen LogP contribution in [-0.4, -0.2) is 20.7 Å². The quantitative estimate of drug-likeness (QED) is 0.327. The second kappa shape index (κ2) is 8.03. The molecule has 2 heterocycles. The molecule has 1 amide bonds. The average Bonchev–Trinajstić information content (AvgIpc) is 3.77. The monoisotopic (exact) mass is 509 g/mol. The van der Waals surface area contributed by atoms with Crippen LogP contribution < -0.4 is 11.1 Å². The molecule has 2 aliphatic rings. The number of rotatable bonds is 5. The van der Waals surface area contributed by atoms with Crippen LogP contribution in [0.2, 0.25) is 0 Å². The first-order valence-electron chi connectivity index (χ1n) is 12.0. The molecular formula is C27H23F4N5O. The minimum atomic E-state index is -4.62. The summed E-state index contributed by atoms with van der Waals surface area (Å²) in [7, 11) is 1.80. The summed E-state index contributed by atoms with van der Waals surface area (Å²) >= 11 is 0. The molecule has 0 atom stereocenters. The number of anilines is 2. The SMILES string of the molecule is Cn1nc(N)c2c(-c3ccc(NC(=O)C4(c5cc(C(F)(F)F)ccc5F)CC4)cc3)cc(C3CC3)nc21. The summed E-state index contributed by atoms with van der Waals surface area (Å²) in [6.07, 6.45) is -1.90. The van der Waals surface area contributed by atoms with Crippen LogP contribution in [0.1, 0.15) is 48.4 Å². The zero-order chi connectivity index (χ0) is 26.1. The molecule has 6 rings (SSSR count). The standard InChI is InChI=1S/C27H23F4N5O/c1-36-24-22(23(32)35-36)18(13-21(34-24)15-2-3-15)14-4-7-17(8-5-14)33-25(37)26(10-11-26)19-12-16(27(29,30)31)6-9-20(19)28/h4-9,12-13,15H,2-3,10-11H2,1H3,(H2,32,35)(H,33,37). The summed E-state index contributed by atoms with van der Waals surface area (Å²) in [5.41, 5.74) is 7.56. The number of carbonyl (C=O) groups excluding carboxylic acids is 1. The Kier molecular flexibility index (Phi) is 5.09. The Hall–Kier alpha value is -3.95. The van der Waals surface area contributed by atoms with Crippen molar-refractivity contribution in [2.45, 2.75) is 43.2 Å². The topological polar surface area (TPSA) is 85.8 Å². The van der Waals surface area contributed by atoms with Gasteiger partial charge in [-0.3, -0.25) is 4.79 Å². The van der Waals surface area contributed by atoms with E-state index in [1.54, 1.807) is 23.9 Å². The van der Waals surface area contributed by atoms with Gasteiger partial charge in [-0.2, -0.15) is 18.3 Å². The lowest BCUT2D eigenvalue weighted by atomic mass is 9.92. The lowest BCUT2D eigenvalue weighted by Gasteiger charge is -2.18. The zero-order valence-corrected chi connectivity index (χ0v) is 19.9. The number of nitrogens with one attached hydrogen (secondary N) is 1. The normalized spacial score (nSPS) is 16.7. The van der Waals surface area contributed by atoms with Crippen LogP contribution in [0.25, 0.3) is 22.2 Å². The molecule has 2 aromatic heterocycles. The van der Waals surface area contributed by atoms with Crippen LogP contribution in [0.4, 0.5) is 29.1 Å². The molecule has 4 aromatic rings. The maximum atomic E-state index is 14.5. The Morgan fingerprint density at radius 3 is 2.43 bits per heavy atom. The molecule has 10 heteroatoms. The van der Waals surface area contributed by atoms with Crippen molar-refractivity contribution >= 4 is 28.4 Å².